The Hall–Kier alpha value is 0.210. The van der Waals surface area contributed by atoms with Crippen molar-refractivity contribution in [2.75, 3.05) is 0 Å². The molecule has 0 nitrogen and oxygen atoms in total. The molecule has 1 atom stereocenters. The van der Waals surface area contributed by atoms with E-state index in [9.17, 15) is 4.39 Å². The van der Waals surface area contributed by atoms with Gasteiger partial charge in [-0.25, -0.2) is 4.39 Å². The maximum Gasteiger partial charge on any atom is 0.273 e. The number of hydrogen-bond acceptors (Lipinski definition) is 0. The first-order valence-electron chi connectivity index (χ1n) is 3.27. The summed E-state index contributed by atoms with van der Waals surface area (Å²) in [6.45, 7) is 0. The minimum absolute atomic E-state index is 0.700. The molecular formula is C8H6BrCl2F. The second kappa shape index (κ2) is 3.95. The van der Waals surface area contributed by atoms with Gasteiger partial charge in [0, 0.05) is 0 Å². The zero-order chi connectivity index (χ0) is 9.19. The van der Waals surface area contributed by atoms with Crippen molar-refractivity contribution in [3.8, 4) is 0 Å². The number of rotatable bonds is 2. The molecule has 0 saturated carbocycles. The van der Waals surface area contributed by atoms with Crippen molar-refractivity contribution in [3.05, 3.63) is 35.9 Å². The van der Waals surface area contributed by atoms with Gasteiger partial charge >= 0.3 is 0 Å². The summed E-state index contributed by atoms with van der Waals surface area (Å²) in [4.78, 5) is -0.700. The molecule has 0 fully saturated rings. The molecule has 0 amide bonds. The fraction of sp³-hybridized carbons (Fsp3) is 0.250. The second-order valence-corrected chi connectivity index (χ2v) is 4.52. The quantitative estimate of drug-likeness (QED) is 0.707. The highest BCUT2D eigenvalue weighted by Gasteiger charge is 2.33. The van der Waals surface area contributed by atoms with Gasteiger partial charge in [-0.15, -0.1) is 0 Å². The van der Waals surface area contributed by atoms with Gasteiger partial charge in [-0.1, -0.05) is 69.5 Å². The van der Waals surface area contributed by atoms with E-state index in [-0.39, 0.29) is 0 Å². The molecule has 0 spiro atoms. The van der Waals surface area contributed by atoms with Crippen molar-refractivity contribution >= 4 is 39.1 Å². The van der Waals surface area contributed by atoms with Crippen LogP contribution >= 0.6 is 39.1 Å². The third-order valence-electron chi connectivity index (χ3n) is 1.38. The molecule has 0 radical (unpaired) electrons. The van der Waals surface area contributed by atoms with Gasteiger partial charge in [-0.05, 0) is 5.56 Å². The highest BCUT2D eigenvalue weighted by atomic mass is 79.9. The van der Waals surface area contributed by atoms with Gasteiger partial charge in [0.25, 0.3) is 4.59 Å². The number of alkyl halides is 4. The first-order chi connectivity index (χ1) is 5.52. The Balaban J connectivity index is 2.86. The summed E-state index contributed by atoms with van der Waals surface area (Å²) in [5.41, 5.74) is 0.713. The van der Waals surface area contributed by atoms with E-state index in [2.05, 4.69) is 15.9 Å². The van der Waals surface area contributed by atoms with Gasteiger partial charge in [-0.2, -0.15) is 0 Å². The molecule has 0 aliphatic carbocycles. The maximum absolute atomic E-state index is 13.0. The van der Waals surface area contributed by atoms with Crippen molar-refractivity contribution in [1.82, 2.24) is 0 Å². The van der Waals surface area contributed by atoms with Gasteiger partial charge < -0.3 is 0 Å². The van der Waals surface area contributed by atoms with E-state index in [1.807, 2.05) is 6.07 Å². The van der Waals surface area contributed by atoms with Crippen LogP contribution in [0.1, 0.15) is 10.4 Å². The van der Waals surface area contributed by atoms with E-state index in [4.69, 9.17) is 23.2 Å². The highest BCUT2D eigenvalue weighted by molar-refractivity contribution is 9.09. The smallest absolute Gasteiger partial charge is 0.206 e. The standard InChI is InChI=1S/C8H6BrCl2F/c9-7(8(10,11)12)6-4-2-1-3-5-6/h1-5,7H. The molecule has 1 rings (SSSR count). The van der Waals surface area contributed by atoms with Crippen LogP contribution in [0.4, 0.5) is 4.39 Å². The molecule has 0 bridgehead atoms. The lowest BCUT2D eigenvalue weighted by Gasteiger charge is -2.16. The summed E-state index contributed by atoms with van der Waals surface area (Å²) in [7, 11) is 0. The molecule has 1 aromatic rings. The molecule has 1 unspecified atom stereocenters. The van der Waals surface area contributed by atoms with Crippen molar-refractivity contribution in [1.29, 1.82) is 0 Å². The molecule has 0 saturated heterocycles. The molecule has 0 aromatic heterocycles. The Labute approximate surface area is 88.8 Å². The molecule has 12 heavy (non-hydrogen) atoms. The van der Waals surface area contributed by atoms with Crippen molar-refractivity contribution < 1.29 is 4.39 Å². The van der Waals surface area contributed by atoms with Crippen LogP contribution in [0, 0.1) is 0 Å². The summed E-state index contributed by atoms with van der Waals surface area (Å²) in [6, 6.07) is 8.93. The fourth-order valence-electron chi connectivity index (χ4n) is 0.811. The molecule has 1 aromatic carbocycles. The minimum atomic E-state index is -2.28. The van der Waals surface area contributed by atoms with Gasteiger partial charge in [0.1, 0.15) is 4.83 Å². The van der Waals surface area contributed by atoms with E-state index < -0.39 is 9.41 Å². The van der Waals surface area contributed by atoms with Crippen LogP contribution in [-0.4, -0.2) is 4.59 Å². The summed E-state index contributed by atoms with van der Waals surface area (Å²) < 4.78 is 10.7. The number of benzene rings is 1. The molecule has 66 valence electrons. The average Bonchev–Trinajstić information content (AvgIpc) is 2.03. The minimum Gasteiger partial charge on any atom is -0.206 e. The normalized spacial score (nSPS) is 14.3. The van der Waals surface area contributed by atoms with Crippen LogP contribution in [0.15, 0.2) is 30.3 Å². The second-order valence-electron chi connectivity index (χ2n) is 2.31. The Morgan fingerprint density at radius 3 is 2.17 bits per heavy atom. The van der Waals surface area contributed by atoms with Gasteiger partial charge in [0.05, 0.1) is 0 Å². The molecule has 0 heterocycles. The molecular weight excluding hydrogens is 266 g/mol. The summed E-state index contributed by atoms with van der Waals surface area (Å²) >= 11 is 13.6. The van der Waals surface area contributed by atoms with Crippen LogP contribution in [0.5, 0.6) is 0 Å². The lowest BCUT2D eigenvalue weighted by molar-refractivity contribution is 0.388. The van der Waals surface area contributed by atoms with Crippen LogP contribution in [-0.2, 0) is 0 Å². The zero-order valence-electron chi connectivity index (χ0n) is 5.98. The van der Waals surface area contributed by atoms with Crippen LogP contribution < -0.4 is 0 Å². The summed E-state index contributed by atoms with van der Waals surface area (Å²) in [6.07, 6.45) is 0. The van der Waals surface area contributed by atoms with Crippen LogP contribution in [0.3, 0.4) is 0 Å². The van der Waals surface area contributed by atoms with Crippen molar-refractivity contribution in [3.63, 3.8) is 0 Å². The predicted octanol–water partition coefficient (Wildman–Crippen LogP) is 4.22. The maximum atomic E-state index is 13.0. The van der Waals surface area contributed by atoms with Crippen molar-refractivity contribution in [2.24, 2.45) is 0 Å². The highest BCUT2D eigenvalue weighted by Crippen LogP contribution is 2.43. The summed E-state index contributed by atoms with van der Waals surface area (Å²) in [5.74, 6) is 0. The fourth-order valence-corrected chi connectivity index (χ4v) is 1.37. The molecule has 0 aliphatic rings. The molecule has 4 heteroatoms. The van der Waals surface area contributed by atoms with E-state index in [0.717, 1.165) is 0 Å². The van der Waals surface area contributed by atoms with E-state index in [0.29, 0.717) is 5.56 Å². The topological polar surface area (TPSA) is 0 Å². The predicted molar refractivity (Wildman–Crippen MR) is 53.7 cm³/mol. The number of hydrogen-bond donors (Lipinski definition) is 0. The molecule has 0 N–H and O–H groups in total. The first-order valence-corrected chi connectivity index (χ1v) is 4.94. The Morgan fingerprint density at radius 1 is 1.25 bits per heavy atom. The molecule has 0 aliphatic heterocycles. The van der Waals surface area contributed by atoms with Crippen LogP contribution in [0.2, 0.25) is 0 Å². The Bertz CT molecular complexity index is 245. The Morgan fingerprint density at radius 2 is 1.75 bits per heavy atom. The first kappa shape index (κ1) is 10.3. The summed E-state index contributed by atoms with van der Waals surface area (Å²) in [5, 5.41) is 0. The lowest BCUT2D eigenvalue weighted by atomic mass is 10.2. The van der Waals surface area contributed by atoms with E-state index in [1.165, 1.54) is 0 Å². The van der Waals surface area contributed by atoms with Gasteiger partial charge in [0.2, 0.25) is 0 Å². The van der Waals surface area contributed by atoms with Gasteiger partial charge in [-0.3, -0.25) is 0 Å². The van der Waals surface area contributed by atoms with E-state index >= 15 is 0 Å². The van der Waals surface area contributed by atoms with Crippen LogP contribution in [0.25, 0.3) is 0 Å². The largest absolute Gasteiger partial charge is 0.273 e. The lowest BCUT2D eigenvalue weighted by Crippen LogP contribution is -2.11. The zero-order valence-corrected chi connectivity index (χ0v) is 9.07. The average molecular weight is 272 g/mol. The van der Waals surface area contributed by atoms with Crippen molar-refractivity contribution in [2.45, 2.75) is 9.41 Å². The van der Waals surface area contributed by atoms with E-state index in [1.54, 1.807) is 24.3 Å². The van der Waals surface area contributed by atoms with Gasteiger partial charge in [0.15, 0.2) is 0 Å². The number of halogens is 4. The third-order valence-corrected chi connectivity index (χ3v) is 3.50. The monoisotopic (exact) mass is 270 g/mol. The SMILES string of the molecule is FC(Cl)(Cl)C(Br)c1ccccc1. The Kier molecular flexibility index (Phi) is 3.38. The third kappa shape index (κ3) is 2.61.